The number of nitrogens with zero attached hydrogens (tertiary/aromatic N) is 1. The van der Waals surface area contributed by atoms with Crippen LogP contribution in [0.25, 0.3) is 0 Å². The Morgan fingerprint density at radius 3 is 2.78 bits per heavy atom. The van der Waals surface area contributed by atoms with Gasteiger partial charge in [0, 0.05) is 26.1 Å². The van der Waals surface area contributed by atoms with Crippen molar-refractivity contribution < 1.29 is 14.0 Å². The largest absolute Gasteiger partial charge is 0.459 e. The summed E-state index contributed by atoms with van der Waals surface area (Å²) in [6, 6.07) is 3.29. The first kappa shape index (κ1) is 12.7. The van der Waals surface area contributed by atoms with E-state index in [0.29, 0.717) is 25.1 Å². The maximum absolute atomic E-state index is 11.7. The third kappa shape index (κ3) is 3.35. The van der Waals surface area contributed by atoms with Gasteiger partial charge in [-0.25, -0.2) is 0 Å². The van der Waals surface area contributed by atoms with Crippen molar-refractivity contribution in [3.63, 3.8) is 0 Å². The van der Waals surface area contributed by atoms with E-state index >= 15 is 0 Å². The fourth-order valence-corrected chi connectivity index (χ4v) is 2.06. The molecule has 2 amide bonds. The quantitative estimate of drug-likeness (QED) is 0.804. The molecule has 0 radical (unpaired) electrons. The van der Waals surface area contributed by atoms with Gasteiger partial charge >= 0.3 is 0 Å². The fourth-order valence-electron chi connectivity index (χ4n) is 2.06. The molecule has 5 nitrogen and oxygen atoms in total. The highest BCUT2D eigenvalue weighted by atomic mass is 16.3. The molecule has 2 rings (SSSR count). The van der Waals surface area contributed by atoms with Crippen LogP contribution in [0.1, 0.15) is 36.2 Å². The van der Waals surface area contributed by atoms with E-state index in [2.05, 4.69) is 5.32 Å². The molecule has 1 aliphatic heterocycles. The molecule has 1 fully saturated rings. The topological polar surface area (TPSA) is 62.6 Å². The first-order chi connectivity index (χ1) is 8.77. The van der Waals surface area contributed by atoms with Gasteiger partial charge in [0.15, 0.2) is 5.76 Å². The molecule has 0 bridgehead atoms. The lowest BCUT2D eigenvalue weighted by Gasteiger charge is -2.14. The summed E-state index contributed by atoms with van der Waals surface area (Å²) < 4.78 is 4.97. The van der Waals surface area contributed by atoms with Crippen molar-refractivity contribution in [1.82, 2.24) is 10.2 Å². The van der Waals surface area contributed by atoms with Gasteiger partial charge in [-0.15, -0.1) is 0 Å². The van der Waals surface area contributed by atoms with Gasteiger partial charge in [-0.1, -0.05) is 0 Å². The summed E-state index contributed by atoms with van der Waals surface area (Å²) in [7, 11) is 0. The van der Waals surface area contributed by atoms with Gasteiger partial charge < -0.3 is 14.6 Å². The summed E-state index contributed by atoms with van der Waals surface area (Å²) in [5.74, 6) is 0.272. The molecule has 1 saturated heterocycles. The van der Waals surface area contributed by atoms with Crippen molar-refractivity contribution in [2.24, 2.45) is 0 Å². The third-order valence-electron chi connectivity index (χ3n) is 3.06. The Balaban J connectivity index is 1.61. The van der Waals surface area contributed by atoms with Crippen LogP contribution in [0.5, 0.6) is 0 Å². The van der Waals surface area contributed by atoms with E-state index < -0.39 is 0 Å². The van der Waals surface area contributed by atoms with Gasteiger partial charge in [-0.3, -0.25) is 9.59 Å². The molecule has 0 spiro atoms. The van der Waals surface area contributed by atoms with Crippen molar-refractivity contribution in [3.05, 3.63) is 24.2 Å². The number of nitrogens with one attached hydrogen (secondary N) is 1. The molecule has 1 aromatic heterocycles. The Kier molecular flexibility index (Phi) is 4.39. The highest BCUT2D eigenvalue weighted by Crippen LogP contribution is 2.09. The molecule has 5 heteroatoms. The van der Waals surface area contributed by atoms with Crippen LogP contribution >= 0.6 is 0 Å². The summed E-state index contributed by atoms with van der Waals surface area (Å²) in [4.78, 5) is 25.1. The molecule has 0 unspecified atom stereocenters. The first-order valence-electron chi connectivity index (χ1n) is 6.37. The van der Waals surface area contributed by atoms with Crippen LogP contribution < -0.4 is 5.32 Å². The molecule has 0 aliphatic carbocycles. The van der Waals surface area contributed by atoms with Crippen molar-refractivity contribution in [2.75, 3.05) is 19.6 Å². The Labute approximate surface area is 106 Å². The van der Waals surface area contributed by atoms with Gasteiger partial charge in [0.1, 0.15) is 0 Å². The average molecular weight is 250 g/mol. The summed E-state index contributed by atoms with van der Waals surface area (Å²) >= 11 is 0. The number of carbonyl (C=O) groups excluding carboxylic acids is 2. The van der Waals surface area contributed by atoms with Crippen molar-refractivity contribution in [1.29, 1.82) is 0 Å². The Morgan fingerprint density at radius 2 is 2.11 bits per heavy atom. The van der Waals surface area contributed by atoms with Crippen LogP contribution in [0.2, 0.25) is 0 Å². The molecule has 18 heavy (non-hydrogen) atoms. The minimum Gasteiger partial charge on any atom is -0.459 e. The molecule has 1 aromatic rings. The SMILES string of the molecule is O=C(NCCCC(=O)N1CCCC1)c1ccco1. The van der Waals surface area contributed by atoms with Crippen molar-refractivity contribution >= 4 is 11.8 Å². The molecule has 1 aliphatic rings. The van der Waals surface area contributed by atoms with E-state index in [1.165, 1.54) is 6.26 Å². The van der Waals surface area contributed by atoms with Crippen LogP contribution in [0, 0.1) is 0 Å². The number of hydrogen-bond donors (Lipinski definition) is 1. The molecular formula is C13H18N2O3. The molecule has 0 saturated carbocycles. The van der Waals surface area contributed by atoms with E-state index in [4.69, 9.17) is 4.42 Å². The normalized spacial score (nSPS) is 14.8. The number of rotatable bonds is 5. The monoisotopic (exact) mass is 250 g/mol. The minimum atomic E-state index is -0.228. The predicted octanol–water partition coefficient (Wildman–Crippen LogP) is 1.41. The van der Waals surface area contributed by atoms with E-state index in [-0.39, 0.29) is 11.8 Å². The average Bonchev–Trinajstić information content (AvgIpc) is 3.05. The van der Waals surface area contributed by atoms with Gasteiger partial charge in [0.2, 0.25) is 5.91 Å². The van der Waals surface area contributed by atoms with E-state index in [0.717, 1.165) is 25.9 Å². The Bertz CT molecular complexity index is 394. The van der Waals surface area contributed by atoms with Gasteiger partial charge in [-0.2, -0.15) is 0 Å². The zero-order valence-electron chi connectivity index (χ0n) is 10.4. The number of furan rings is 1. The molecule has 2 heterocycles. The lowest BCUT2D eigenvalue weighted by Crippen LogP contribution is -2.29. The second-order valence-electron chi connectivity index (χ2n) is 4.42. The Hall–Kier alpha value is -1.78. The van der Waals surface area contributed by atoms with Crippen LogP contribution in [0.3, 0.4) is 0 Å². The lowest BCUT2D eigenvalue weighted by molar-refractivity contribution is -0.130. The van der Waals surface area contributed by atoms with E-state index in [9.17, 15) is 9.59 Å². The number of amides is 2. The highest BCUT2D eigenvalue weighted by molar-refractivity contribution is 5.91. The van der Waals surface area contributed by atoms with Gasteiger partial charge in [-0.05, 0) is 31.4 Å². The maximum atomic E-state index is 11.7. The standard InChI is InChI=1S/C13H18N2O3/c16-12(15-8-1-2-9-15)6-3-7-14-13(17)11-5-4-10-18-11/h4-5,10H,1-3,6-9H2,(H,14,17). The number of hydrogen-bond acceptors (Lipinski definition) is 3. The van der Waals surface area contributed by atoms with Crippen molar-refractivity contribution in [2.45, 2.75) is 25.7 Å². The first-order valence-corrected chi connectivity index (χ1v) is 6.37. The fraction of sp³-hybridized carbons (Fsp3) is 0.538. The number of carbonyl (C=O) groups is 2. The summed E-state index contributed by atoms with van der Waals surface area (Å²) in [6.07, 6.45) is 4.86. The Morgan fingerprint density at radius 1 is 1.33 bits per heavy atom. The predicted molar refractivity (Wildman–Crippen MR) is 66.1 cm³/mol. The van der Waals surface area contributed by atoms with Crippen LogP contribution in [0.4, 0.5) is 0 Å². The molecule has 0 aromatic carbocycles. The zero-order valence-corrected chi connectivity index (χ0v) is 10.4. The smallest absolute Gasteiger partial charge is 0.286 e. The summed E-state index contributed by atoms with van der Waals surface area (Å²) in [5, 5.41) is 2.73. The highest BCUT2D eigenvalue weighted by Gasteiger charge is 2.17. The second kappa shape index (κ2) is 6.23. The second-order valence-corrected chi connectivity index (χ2v) is 4.42. The molecule has 1 N–H and O–H groups in total. The van der Waals surface area contributed by atoms with Gasteiger partial charge in [0.05, 0.1) is 6.26 Å². The summed E-state index contributed by atoms with van der Waals surface area (Å²) in [6.45, 7) is 2.27. The van der Waals surface area contributed by atoms with Crippen molar-refractivity contribution in [3.8, 4) is 0 Å². The van der Waals surface area contributed by atoms with E-state index in [1.807, 2.05) is 4.90 Å². The third-order valence-corrected chi connectivity index (χ3v) is 3.06. The van der Waals surface area contributed by atoms with Gasteiger partial charge in [0.25, 0.3) is 5.91 Å². The van der Waals surface area contributed by atoms with Crippen LogP contribution in [-0.2, 0) is 4.79 Å². The lowest BCUT2D eigenvalue weighted by atomic mass is 10.2. The van der Waals surface area contributed by atoms with E-state index in [1.54, 1.807) is 12.1 Å². The molecule has 98 valence electrons. The number of likely N-dealkylation sites (tertiary alicyclic amines) is 1. The van der Waals surface area contributed by atoms with Crippen LogP contribution in [-0.4, -0.2) is 36.3 Å². The summed E-state index contributed by atoms with van der Waals surface area (Å²) in [5.41, 5.74) is 0. The minimum absolute atomic E-state index is 0.194. The maximum Gasteiger partial charge on any atom is 0.286 e. The van der Waals surface area contributed by atoms with Crippen LogP contribution in [0.15, 0.2) is 22.8 Å². The molecule has 0 atom stereocenters. The zero-order chi connectivity index (χ0) is 12.8. The molecular weight excluding hydrogens is 232 g/mol.